The number of aromatic nitrogens is 2. The Morgan fingerprint density at radius 2 is 1.72 bits per heavy atom. The standard InChI is InChI=1S/C28H37N3O/c1-4-5-6-7-8-9-12-17-30-25-14-11-10-13-24(25)29-28(30)23-19-27(32)31(20-23)26-18-21(2)15-16-22(26)3/h10-11,13-16,18,23H,4-9,12,17,19-20H2,1-3H3. The molecule has 0 aliphatic carbocycles. The molecule has 32 heavy (non-hydrogen) atoms. The van der Waals surface area contributed by atoms with Gasteiger partial charge >= 0.3 is 0 Å². The number of hydrogen-bond acceptors (Lipinski definition) is 2. The topological polar surface area (TPSA) is 38.1 Å². The van der Waals surface area contributed by atoms with Gasteiger partial charge in [0.05, 0.1) is 11.0 Å². The maximum absolute atomic E-state index is 13.0. The zero-order chi connectivity index (χ0) is 22.5. The number of hydrogen-bond donors (Lipinski definition) is 0. The maximum atomic E-state index is 13.0. The quantitative estimate of drug-likeness (QED) is 0.327. The summed E-state index contributed by atoms with van der Waals surface area (Å²) in [7, 11) is 0. The third kappa shape index (κ3) is 4.90. The number of para-hydroxylation sites is 2. The van der Waals surface area contributed by atoms with Gasteiger partial charge in [0, 0.05) is 31.1 Å². The molecular formula is C28H37N3O. The summed E-state index contributed by atoms with van der Waals surface area (Å²) in [6.45, 7) is 8.13. The number of carbonyl (C=O) groups is 1. The number of imidazole rings is 1. The van der Waals surface area contributed by atoms with Crippen LogP contribution < -0.4 is 4.90 Å². The molecule has 4 nitrogen and oxygen atoms in total. The molecule has 4 heteroatoms. The second kappa shape index (κ2) is 10.3. The molecule has 1 aromatic heterocycles. The molecule has 1 fully saturated rings. The molecule has 1 saturated heterocycles. The van der Waals surface area contributed by atoms with Crippen molar-refractivity contribution in [1.29, 1.82) is 0 Å². The monoisotopic (exact) mass is 431 g/mol. The van der Waals surface area contributed by atoms with Crippen molar-refractivity contribution < 1.29 is 4.79 Å². The van der Waals surface area contributed by atoms with Gasteiger partial charge in [-0.05, 0) is 49.6 Å². The number of fused-ring (bicyclic) bond motifs is 1. The minimum atomic E-state index is 0.138. The molecule has 1 amide bonds. The largest absolute Gasteiger partial charge is 0.328 e. The van der Waals surface area contributed by atoms with Crippen LogP contribution in [0.4, 0.5) is 5.69 Å². The molecule has 1 aliphatic heterocycles. The van der Waals surface area contributed by atoms with Crippen LogP contribution in [-0.4, -0.2) is 22.0 Å². The lowest BCUT2D eigenvalue weighted by molar-refractivity contribution is -0.117. The number of nitrogens with zero attached hydrogens (tertiary/aromatic N) is 3. The zero-order valence-electron chi connectivity index (χ0n) is 19.9. The van der Waals surface area contributed by atoms with Crippen LogP contribution in [0, 0.1) is 13.8 Å². The van der Waals surface area contributed by atoms with Crippen LogP contribution >= 0.6 is 0 Å². The highest BCUT2D eigenvalue weighted by Crippen LogP contribution is 2.35. The van der Waals surface area contributed by atoms with Crippen LogP contribution in [0.1, 0.15) is 81.2 Å². The van der Waals surface area contributed by atoms with Crippen LogP contribution in [0.5, 0.6) is 0 Å². The van der Waals surface area contributed by atoms with Crippen LogP contribution in [0.3, 0.4) is 0 Å². The summed E-state index contributed by atoms with van der Waals surface area (Å²) in [6.07, 6.45) is 9.61. The minimum Gasteiger partial charge on any atom is -0.328 e. The van der Waals surface area contributed by atoms with Gasteiger partial charge in [-0.1, -0.05) is 69.7 Å². The lowest BCUT2D eigenvalue weighted by atomic mass is 10.1. The SMILES string of the molecule is CCCCCCCCCn1c(C2CC(=O)N(c3cc(C)ccc3C)C2)nc2ccccc21. The Morgan fingerprint density at radius 1 is 0.969 bits per heavy atom. The summed E-state index contributed by atoms with van der Waals surface area (Å²) in [5, 5.41) is 0. The third-order valence-corrected chi connectivity index (χ3v) is 6.81. The summed E-state index contributed by atoms with van der Waals surface area (Å²) < 4.78 is 2.39. The average molecular weight is 432 g/mol. The van der Waals surface area contributed by atoms with Crippen molar-refractivity contribution in [3.63, 3.8) is 0 Å². The molecule has 3 aromatic rings. The van der Waals surface area contributed by atoms with Gasteiger partial charge in [0.2, 0.25) is 5.91 Å². The smallest absolute Gasteiger partial charge is 0.227 e. The Hall–Kier alpha value is -2.62. The van der Waals surface area contributed by atoms with Gasteiger partial charge in [0.25, 0.3) is 0 Å². The summed E-state index contributed by atoms with van der Waals surface area (Å²) in [6, 6.07) is 14.8. The van der Waals surface area contributed by atoms with E-state index in [1.807, 2.05) is 4.90 Å². The van der Waals surface area contributed by atoms with Gasteiger partial charge in [0.15, 0.2) is 0 Å². The van der Waals surface area contributed by atoms with E-state index in [0.29, 0.717) is 13.0 Å². The predicted octanol–water partition coefficient (Wildman–Crippen LogP) is 6.92. The van der Waals surface area contributed by atoms with E-state index < -0.39 is 0 Å². The first-order valence-electron chi connectivity index (χ1n) is 12.4. The van der Waals surface area contributed by atoms with Crippen molar-refractivity contribution in [2.75, 3.05) is 11.4 Å². The Bertz CT molecular complexity index is 1070. The summed E-state index contributed by atoms with van der Waals surface area (Å²) in [5.74, 6) is 1.43. The van der Waals surface area contributed by atoms with Crippen molar-refractivity contribution in [1.82, 2.24) is 9.55 Å². The number of benzene rings is 2. The van der Waals surface area contributed by atoms with Crippen molar-refractivity contribution in [3.05, 3.63) is 59.4 Å². The normalized spacial score (nSPS) is 16.4. The first-order chi connectivity index (χ1) is 15.6. The number of rotatable bonds is 10. The Morgan fingerprint density at radius 3 is 2.53 bits per heavy atom. The number of carbonyl (C=O) groups excluding carboxylic acids is 1. The minimum absolute atomic E-state index is 0.138. The van der Waals surface area contributed by atoms with Crippen molar-refractivity contribution in [3.8, 4) is 0 Å². The fraction of sp³-hybridized carbons (Fsp3) is 0.500. The van der Waals surface area contributed by atoms with E-state index in [9.17, 15) is 4.79 Å². The van der Waals surface area contributed by atoms with E-state index in [1.54, 1.807) is 0 Å². The molecule has 2 heterocycles. The lowest BCUT2D eigenvalue weighted by Gasteiger charge is -2.20. The molecule has 0 N–H and O–H groups in total. The van der Waals surface area contributed by atoms with Crippen LogP contribution in [0.25, 0.3) is 11.0 Å². The van der Waals surface area contributed by atoms with Crippen LogP contribution in [0.2, 0.25) is 0 Å². The highest BCUT2D eigenvalue weighted by molar-refractivity contribution is 5.97. The van der Waals surface area contributed by atoms with E-state index >= 15 is 0 Å². The van der Waals surface area contributed by atoms with Gasteiger partial charge in [-0.15, -0.1) is 0 Å². The van der Waals surface area contributed by atoms with Gasteiger partial charge < -0.3 is 9.47 Å². The number of aryl methyl sites for hydroxylation is 3. The molecule has 1 atom stereocenters. The molecule has 170 valence electrons. The van der Waals surface area contributed by atoms with Crippen LogP contribution in [-0.2, 0) is 11.3 Å². The van der Waals surface area contributed by atoms with Crippen LogP contribution in [0.15, 0.2) is 42.5 Å². The molecule has 0 bridgehead atoms. The number of amides is 1. The molecule has 0 radical (unpaired) electrons. The van der Waals surface area contributed by atoms with Gasteiger partial charge in [-0.25, -0.2) is 4.98 Å². The second-order valence-corrected chi connectivity index (χ2v) is 9.43. The van der Waals surface area contributed by atoms with Gasteiger partial charge in [-0.2, -0.15) is 0 Å². The van der Waals surface area contributed by atoms with E-state index in [0.717, 1.165) is 29.1 Å². The Labute approximate surface area is 192 Å². The highest BCUT2D eigenvalue weighted by Gasteiger charge is 2.35. The molecule has 1 aliphatic rings. The van der Waals surface area contributed by atoms with E-state index in [1.165, 1.54) is 56.0 Å². The molecule has 0 saturated carbocycles. The predicted molar refractivity (Wildman–Crippen MR) is 133 cm³/mol. The summed E-state index contributed by atoms with van der Waals surface area (Å²) in [5.41, 5.74) is 5.63. The fourth-order valence-electron chi connectivity index (χ4n) is 4.99. The summed E-state index contributed by atoms with van der Waals surface area (Å²) in [4.78, 5) is 20.0. The maximum Gasteiger partial charge on any atom is 0.227 e. The molecule has 4 rings (SSSR count). The molecule has 0 spiro atoms. The average Bonchev–Trinajstić information content (AvgIpc) is 3.35. The van der Waals surface area contributed by atoms with E-state index in [4.69, 9.17) is 4.98 Å². The Kier molecular flexibility index (Phi) is 7.29. The molecular weight excluding hydrogens is 394 g/mol. The van der Waals surface area contributed by atoms with Crippen molar-refractivity contribution in [2.45, 2.75) is 84.6 Å². The van der Waals surface area contributed by atoms with E-state index in [2.05, 4.69) is 67.8 Å². The van der Waals surface area contributed by atoms with E-state index in [-0.39, 0.29) is 11.8 Å². The first kappa shape index (κ1) is 22.6. The second-order valence-electron chi connectivity index (χ2n) is 9.43. The van der Waals surface area contributed by atoms with Crippen molar-refractivity contribution >= 4 is 22.6 Å². The Balaban J connectivity index is 1.52. The van der Waals surface area contributed by atoms with Crippen molar-refractivity contribution in [2.24, 2.45) is 0 Å². The lowest BCUT2D eigenvalue weighted by Crippen LogP contribution is -2.25. The third-order valence-electron chi connectivity index (χ3n) is 6.81. The highest BCUT2D eigenvalue weighted by atomic mass is 16.2. The van der Waals surface area contributed by atoms with Gasteiger partial charge in [-0.3, -0.25) is 4.79 Å². The molecule has 1 unspecified atom stereocenters. The van der Waals surface area contributed by atoms with Gasteiger partial charge in [0.1, 0.15) is 5.82 Å². The fourth-order valence-corrected chi connectivity index (χ4v) is 4.99. The first-order valence-corrected chi connectivity index (χ1v) is 12.4. The number of anilines is 1. The zero-order valence-corrected chi connectivity index (χ0v) is 19.9. The number of unbranched alkanes of at least 4 members (excludes halogenated alkanes) is 6. The summed E-state index contributed by atoms with van der Waals surface area (Å²) >= 11 is 0. The molecule has 2 aromatic carbocycles.